The number of pyridine rings is 1. The average molecular weight is 431 g/mol. The van der Waals surface area contributed by atoms with Crippen LogP contribution in [0.2, 0.25) is 0 Å². The summed E-state index contributed by atoms with van der Waals surface area (Å²) in [7, 11) is 3.00. The molecule has 0 saturated carbocycles. The maximum absolute atomic E-state index is 11.3. The normalized spacial score (nSPS) is 11.1. The average Bonchev–Trinajstić information content (AvgIpc) is 3.17. The minimum absolute atomic E-state index is 0.0463. The molecule has 0 unspecified atom stereocenters. The number of rotatable bonds is 6. The van der Waals surface area contributed by atoms with E-state index in [0.717, 1.165) is 16.8 Å². The predicted molar refractivity (Wildman–Crippen MR) is 120 cm³/mol. The predicted octanol–water partition coefficient (Wildman–Crippen LogP) is 4.40. The molecule has 4 rings (SSSR count). The smallest absolute Gasteiger partial charge is 0.308 e. The van der Waals surface area contributed by atoms with Crippen molar-refractivity contribution in [3.8, 4) is 34.3 Å². The van der Waals surface area contributed by atoms with E-state index >= 15 is 0 Å². The Hall–Kier alpha value is -4.33. The number of benzene rings is 2. The van der Waals surface area contributed by atoms with Crippen LogP contribution in [-0.2, 0) is 4.79 Å². The molecule has 0 fully saturated rings. The van der Waals surface area contributed by atoms with E-state index in [4.69, 9.17) is 24.2 Å². The number of carbonyl (C=O) groups is 1. The van der Waals surface area contributed by atoms with Gasteiger partial charge in [-0.05, 0) is 54.1 Å². The summed E-state index contributed by atoms with van der Waals surface area (Å²) >= 11 is 0. The lowest BCUT2D eigenvalue weighted by molar-refractivity contribution is -0.132. The van der Waals surface area contributed by atoms with E-state index in [2.05, 4.69) is 0 Å². The number of phenolic OH excluding ortho intramolecular Hbond substituents is 1. The van der Waals surface area contributed by atoms with Gasteiger partial charge >= 0.3 is 5.97 Å². The zero-order valence-electron chi connectivity index (χ0n) is 17.8. The van der Waals surface area contributed by atoms with Gasteiger partial charge in [0.15, 0.2) is 28.8 Å². The van der Waals surface area contributed by atoms with Gasteiger partial charge in [0.25, 0.3) is 0 Å². The highest BCUT2D eigenvalue weighted by Gasteiger charge is 2.15. The van der Waals surface area contributed by atoms with E-state index < -0.39 is 5.97 Å². The Bertz CT molecular complexity index is 1330. The van der Waals surface area contributed by atoms with E-state index in [0.29, 0.717) is 28.8 Å². The fraction of sp³-hybridized carbons (Fsp3) is 0.125. The fourth-order valence-electron chi connectivity index (χ4n) is 3.26. The summed E-state index contributed by atoms with van der Waals surface area (Å²) in [6.07, 6.45) is 3.55. The van der Waals surface area contributed by atoms with E-state index in [1.165, 1.54) is 21.1 Å². The summed E-state index contributed by atoms with van der Waals surface area (Å²) in [6, 6.07) is 15.9. The number of hydrogen-bond donors (Lipinski definition) is 1. The Kier molecular flexibility index (Phi) is 5.76. The first-order chi connectivity index (χ1) is 15.5. The van der Waals surface area contributed by atoms with Gasteiger partial charge in [0.2, 0.25) is 0 Å². The maximum atomic E-state index is 11.3. The Labute approximate surface area is 184 Å². The number of phenols is 1. The van der Waals surface area contributed by atoms with Gasteiger partial charge in [-0.1, -0.05) is 6.07 Å². The number of aliphatic imine (C=N–C) groups is 1. The number of hydrogen-bond acceptors (Lipinski definition) is 7. The van der Waals surface area contributed by atoms with Crippen molar-refractivity contribution in [1.29, 1.82) is 0 Å². The van der Waals surface area contributed by atoms with Gasteiger partial charge < -0.3 is 19.3 Å². The summed E-state index contributed by atoms with van der Waals surface area (Å²) in [6.45, 7) is 1.33. The highest BCUT2D eigenvalue weighted by molar-refractivity contribution is 5.86. The Morgan fingerprint density at radius 1 is 1.03 bits per heavy atom. The van der Waals surface area contributed by atoms with Crippen molar-refractivity contribution in [2.24, 2.45) is 4.99 Å². The zero-order valence-corrected chi connectivity index (χ0v) is 17.8. The number of esters is 1. The van der Waals surface area contributed by atoms with Gasteiger partial charge in [0.05, 0.1) is 14.2 Å². The van der Waals surface area contributed by atoms with Crippen LogP contribution in [0.1, 0.15) is 12.5 Å². The molecule has 0 aliphatic rings. The first kappa shape index (κ1) is 20.9. The third kappa shape index (κ3) is 4.11. The van der Waals surface area contributed by atoms with Crippen LogP contribution in [0.15, 0.2) is 65.8 Å². The summed E-state index contributed by atoms with van der Waals surface area (Å²) in [5.74, 6) is 1.33. The molecule has 0 atom stereocenters. The van der Waals surface area contributed by atoms with Crippen molar-refractivity contribution in [1.82, 2.24) is 9.38 Å². The minimum atomic E-state index is -0.426. The number of fused-ring (bicyclic) bond motifs is 1. The number of ether oxygens (including phenoxy) is 3. The summed E-state index contributed by atoms with van der Waals surface area (Å²) in [5, 5.41) is 9.95. The highest BCUT2D eigenvalue weighted by atomic mass is 16.6. The van der Waals surface area contributed by atoms with Crippen molar-refractivity contribution in [3.63, 3.8) is 0 Å². The first-order valence-electron chi connectivity index (χ1n) is 9.75. The molecule has 1 N–H and O–H groups in total. The largest absolute Gasteiger partial charge is 0.504 e. The Morgan fingerprint density at radius 3 is 2.59 bits per heavy atom. The van der Waals surface area contributed by atoms with Crippen molar-refractivity contribution >= 4 is 23.6 Å². The number of aromatic hydroxyl groups is 1. The summed E-state index contributed by atoms with van der Waals surface area (Å²) in [5.41, 5.74) is 2.86. The molecule has 2 heterocycles. The molecule has 0 spiro atoms. The molecule has 2 aromatic heterocycles. The molecular formula is C24H21N3O5. The lowest BCUT2D eigenvalue weighted by Crippen LogP contribution is -2.03. The van der Waals surface area contributed by atoms with Crippen molar-refractivity contribution in [2.45, 2.75) is 6.92 Å². The molecule has 32 heavy (non-hydrogen) atoms. The number of imidazole rings is 1. The number of carbonyl (C=O) groups excluding carboxylic acids is 1. The molecule has 0 radical (unpaired) electrons. The second kappa shape index (κ2) is 8.81. The van der Waals surface area contributed by atoms with Crippen molar-refractivity contribution in [3.05, 3.63) is 66.4 Å². The summed E-state index contributed by atoms with van der Waals surface area (Å²) < 4.78 is 17.6. The van der Waals surface area contributed by atoms with Crippen molar-refractivity contribution in [2.75, 3.05) is 14.2 Å². The Morgan fingerprint density at radius 2 is 1.84 bits per heavy atom. The molecule has 8 nitrogen and oxygen atoms in total. The van der Waals surface area contributed by atoms with E-state index in [1.54, 1.807) is 42.6 Å². The lowest BCUT2D eigenvalue weighted by Gasteiger charge is -2.08. The standard InChI is InChI=1S/C24H21N3O5/c1-15(28)32-19-10-7-16(12-21(19)31-3)14-25-24-23(26-22-6-4-5-11-27(22)24)17-8-9-18(29)20(13-17)30-2/h4-14,29H,1-3H3. The zero-order chi connectivity index (χ0) is 22.7. The van der Waals surface area contributed by atoms with Gasteiger partial charge in [-0.25, -0.2) is 9.98 Å². The first-order valence-corrected chi connectivity index (χ1v) is 9.75. The monoisotopic (exact) mass is 431 g/mol. The molecule has 0 aliphatic carbocycles. The lowest BCUT2D eigenvalue weighted by atomic mass is 10.1. The second-order valence-electron chi connectivity index (χ2n) is 6.86. The van der Waals surface area contributed by atoms with Crippen LogP contribution in [-0.4, -0.2) is 40.9 Å². The van der Waals surface area contributed by atoms with Crippen LogP contribution in [0.25, 0.3) is 16.9 Å². The molecule has 162 valence electrons. The van der Waals surface area contributed by atoms with Crippen LogP contribution < -0.4 is 14.2 Å². The van der Waals surface area contributed by atoms with Gasteiger partial charge in [0.1, 0.15) is 11.3 Å². The minimum Gasteiger partial charge on any atom is -0.504 e. The molecule has 4 aromatic rings. The molecule has 0 amide bonds. The quantitative estimate of drug-likeness (QED) is 0.276. The van der Waals surface area contributed by atoms with Crippen LogP contribution in [0, 0.1) is 0 Å². The highest BCUT2D eigenvalue weighted by Crippen LogP contribution is 2.36. The maximum Gasteiger partial charge on any atom is 0.308 e. The SMILES string of the molecule is COc1cc(-c2nc3ccccn3c2N=Cc2ccc(OC(C)=O)c(OC)c2)ccc1O. The van der Waals surface area contributed by atoms with Crippen LogP contribution in [0.5, 0.6) is 23.0 Å². The van der Waals surface area contributed by atoms with Gasteiger partial charge in [-0.15, -0.1) is 0 Å². The van der Waals surface area contributed by atoms with Gasteiger partial charge in [-0.2, -0.15) is 0 Å². The topological polar surface area (TPSA) is 94.7 Å². The van der Waals surface area contributed by atoms with Gasteiger partial charge in [0, 0.05) is 24.9 Å². The third-order valence-electron chi connectivity index (χ3n) is 4.74. The van der Waals surface area contributed by atoms with Crippen molar-refractivity contribution < 1.29 is 24.1 Å². The summed E-state index contributed by atoms with van der Waals surface area (Å²) in [4.78, 5) is 20.7. The number of nitrogens with zero attached hydrogens (tertiary/aromatic N) is 3. The van der Waals surface area contributed by atoms with E-state index in [-0.39, 0.29) is 5.75 Å². The van der Waals surface area contributed by atoms with Crippen LogP contribution in [0.4, 0.5) is 5.82 Å². The van der Waals surface area contributed by atoms with E-state index in [9.17, 15) is 9.90 Å². The number of methoxy groups -OCH3 is 2. The third-order valence-corrected chi connectivity index (χ3v) is 4.74. The van der Waals surface area contributed by atoms with E-state index in [1.807, 2.05) is 28.8 Å². The van der Waals surface area contributed by atoms with Gasteiger partial charge in [-0.3, -0.25) is 9.20 Å². The fourth-order valence-corrected chi connectivity index (χ4v) is 3.26. The second-order valence-corrected chi connectivity index (χ2v) is 6.86. The molecule has 8 heteroatoms. The molecule has 0 aliphatic heterocycles. The molecule has 0 bridgehead atoms. The van der Waals surface area contributed by atoms with Crippen LogP contribution in [0.3, 0.4) is 0 Å². The van der Waals surface area contributed by atoms with Crippen LogP contribution >= 0.6 is 0 Å². The Balaban J connectivity index is 1.79. The number of aromatic nitrogens is 2. The molecule has 2 aromatic carbocycles. The molecule has 0 saturated heterocycles. The molecular weight excluding hydrogens is 410 g/mol.